The molecule has 0 saturated carbocycles. The molecule has 2 atom stereocenters. The summed E-state index contributed by atoms with van der Waals surface area (Å²) in [5.41, 5.74) is 0.701. The zero-order chi connectivity index (χ0) is 13.3. The van der Waals surface area contributed by atoms with Crippen LogP contribution in [0.2, 0.25) is 0 Å². The number of likely N-dealkylation sites (tertiary alicyclic amines) is 1. The van der Waals surface area contributed by atoms with Gasteiger partial charge in [0.05, 0.1) is 18.3 Å². The molecule has 104 valence electrons. The Hall–Kier alpha value is -0.970. The van der Waals surface area contributed by atoms with Gasteiger partial charge in [-0.15, -0.1) is 0 Å². The van der Waals surface area contributed by atoms with Gasteiger partial charge in [-0.05, 0) is 12.5 Å². The number of nitrogens with zero attached hydrogens (tertiary/aromatic N) is 1. The van der Waals surface area contributed by atoms with Gasteiger partial charge < -0.3 is 9.47 Å². The largest absolute Gasteiger partial charge is 0.379 e. The molecule has 2 aliphatic rings. The number of hydrogen-bond donors (Lipinski definition) is 0. The van der Waals surface area contributed by atoms with Gasteiger partial charge >= 0.3 is 0 Å². The van der Waals surface area contributed by atoms with Crippen molar-refractivity contribution < 1.29 is 13.9 Å². The zero-order valence-corrected chi connectivity index (χ0v) is 11.3. The third-order valence-corrected chi connectivity index (χ3v) is 4.26. The summed E-state index contributed by atoms with van der Waals surface area (Å²) in [6, 6.07) is 6.99. The first-order valence-electron chi connectivity index (χ1n) is 6.83. The Bertz CT molecular complexity index is 454. The van der Waals surface area contributed by atoms with Crippen LogP contribution in [0.5, 0.6) is 0 Å². The lowest BCUT2D eigenvalue weighted by atomic mass is 9.98. The molecule has 1 aromatic rings. The summed E-state index contributed by atoms with van der Waals surface area (Å²) in [5.74, 6) is -0.120. The molecule has 0 bridgehead atoms. The average Bonchev–Trinajstić information content (AvgIpc) is 3.00. The van der Waals surface area contributed by atoms with E-state index in [0.29, 0.717) is 13.2 Å². The summed E-state index contributed by atoms with van der Waals surface area (Å²) < 4.78 is 25.0. The van der Waals surface area contributed by atoms with Crippen molar-refractivity contribution in [2.75, 3.05) is 26.8 Å². The minimum Gasteiger partial charge on any atom is -0.379 e. The first kappa shape index (κ1) is 13.0. The molecule has 2 fully saturated rings. The summed E-state index contributed by atoms with van der Waals surface area (Å²) in [5, 5.41) is 0. The lowest BCUT2D eigenvalue weighted by Gasteiger charge is -2.23. The van der Waals surface area contributed by atoms with Gasteiger partial charge in [-0.2, -0.15) is 0 Å². The molecule has 2 aliphatic heterocycles. The molecule has 3 rings (SSSR count). The molecular weight excluding hydrogens is 245 g/mol. The minimum atomic E-state index is -0.120. The third kappa shape index (κ3) is 2.66. The van der Waals surface area contributed by atoms with Crippen molar-refractivity contribution in [3.05, 3.63) is 35.6 Å². The number of rotatable bonds is 3. The summed E-state index contributed by atoms with van der Waals surface area (Å²) >= 11 is 0. The number of ether oxygens (including phenoxy) is 2. The fourth-order valence-electron chi connectivity index (χ4n) is 3.17. The van der Waals surface area contributed by atoms with Crippen LogP contribution >= 0.6 is 0 Å². The molecule has 0 aliphatic carbocycles. The van der Waals surface area contributed by atoms with Gasteiger partial charge in [-0.25, -0.2) is 4.39 Å². The van der Waals surface area contributed by atoms with Crippen LogP contribution in [0, 0.1) is 5.82 Å². The van der Waals surface area contributed by atoms with E-state index in [1.54, 1.807) is 13.2 Å². The highest BCUT2D eigenvalue weighted by atomic mass is 19.1. The topological polar surface area (TPSA) is 21.7 Å². The van der Waals surface area contributed by atoms with E-state index in [4.69, 9.17) is 9.47 Å². The second kappa shape index (κ2) is 5.19. The van der Waals surface area contributed by atoms with Crippen LogP contribution in [0.25, 0.3) is 0 Å². The minimum absolute atomic E-state index is 0.0636. The van der Waals surface area contributed by atoms with Crippen molar-refractivity contribution in [2.24, 2.45) is 0 Å². The summed E-state index contributed by atoms with van der Waals surface area (Å²) in [4.78, 5) is 2.27. The monoisotopic (exact) mass is 265 g/mol. The van der Waals surface area contributed by atoms with Crippen LogP contribution < -0.4 is 0 Å². The predicted octanol–water partition coefficient (Wildman–Crippen LogP) is 2.21. The Balaban J connectivity index is 1.62. The molecule has 2 saturated heterocycles. The molecule has 0 aromatic heterocycles. The highest BCUT2D eigenvalue weighted by Gasteiger charge is 2.45. The molecule has 2 heterocycles. The standard InChI is InChI=1S/C15H20FNO2/c1-18-13-8-15(19-10-13)6-7-17(11-15)9-12-4-2-3-5-14(12)16/h2-5,13H,6-11H2,1H3/t13-,15+/m0/s1. The van der Waals surface area contributed by atoms with Crippen LogP contribution in [0.1, 0.15) is 18.4 Å². The lowest BCUT2D eigenvalue weighted by molar-refractivity contribution is 0.00628. The molecule has 19 heavy (non-hydrogen) atoms. The normalized spacial score (nSPS) is 31.4. The Morgan fingerprint density at radius 2 is 2.32 bits per heavy atom. The molecular formula is C15H20FNO2. The van der Waals surface area contributed by atoms with E-state index in [-0.39, 0.29) is 17.5 Å². The van der Waals surface area contributed by atoms with Crippen molar-refractivity contribution in [3.63, 3.8) is 0 Å². The van der Waals surface area contributed by atoms with Gasteiger partial charge in [-0.1, -0.05) is 18.2 Å². The van der Waals surface area contributed by atoms with E-state index >= 15 is 0 Å². The number of methoxy groups -OCH3 is 1. The maximum absolute atomic E-state index is 13.7. The molecule has 4 heteroatoms. The predicted molar refractivity (Wildman–Crippen MR) is 70.4 cm³/mol. The smallest absolute Gasteiger partial charge is 0.127 e. The third-order valence-electron chi connectivity index (χ3n) is 4.26. The lowest BCUT2D eigenvalue weighted by Crippen LogP contribution is -2.33. The average molecular weight is 265 g/mol. The second-order valence-electron chi connectivity index (χ2n) is 5.61. The molecule has 0 unspecified atom stereocenters. The SMILES string of the molecule is CO[C@@H]1CO[C@]2(CCN(Cc3ccccc3F)C2)C1. The van der Waals surface area contributed by atoms with E-state index in [1.807, 2.05) is 12.1 Å². The summed E-state index contributed by atoms with van der Waals surface area (Å²) in [6.45, 7) is 3.19. The van der Waals surface area contributed by atoms with E-state index < -0.39 is 0 Å². The number of benzene rings is 1. The van der Waals surface area contributed by atoms with Gasteiger partial charge in [-0.3, -0.25) is 4.90 Å². The Labute approximate surface area is 113 Å². The van der Waals surface area contributed by atoms with Crippen molar-refractivity contribution >= 4 is 0 Å². The summed E-state index contributed by atoms with van der Waals surface area (Å²) in [7, 11) is 1.74. The molecule has 1 aromatic carbocycles. The maximum atomic E-state index is 13.7. The van der Waals surface area contributed by atoms with Gasteiger partial charge in [0, 0.05) is 38.7 Å². The zero-order valence-electron chi connectivity index (χ0n) is 11.3. The van der Waals surface area contributed by atoms with Crippen LogP contribution in [0.4, 0.5) is 4.39 Å². The first-order chi connectivity index (χ1) is 9.21. The molecule has 1 spiro atoms. The van der Waals surface area contributed by atoms with Gasteiger partial charge in [0.2, 0.25) is 0 Å². The Morgan fingerprint density at radius 3 is 3.05 bits per heavy atom. The van der Waals surface area contributed by atoms with Gasteiger partial charge in [0.1, 0.15) is 5.82 Å². The first-order valence-corrected chi connectivity index (χ1v) is 6.83. The fourth-order valence-corrected chi connectivity index (χ4v) is 3.17. The summed E-state index contributed by atoms with van der Waals surface area (Å²) in [6.07, 6.45) is 2.19. The van der Waals surface area contributed by atoms with E-state index in [1.165, 1.54) is 6.07 Å². The maximum Gasteiger partial charge on any atom is 0.127 e. The second-order valence-corrected chi connectivity index (χ2v) is 5.61. The van der Waals surface area contributed by atoms with Gasteiger partial charge in [0.15, 0.2) is 0 Å². The van der Waals surface area contributed by atoms with Crippen LogP contribution in [-0.2, 0) is 16.0 Å². The van der Waals surface area contributed by atoms with Crippen molar-refractivity contribution in [3.8, 4) is 0 Å². The number of hydrogen-bond acceptors (Lipinski definition) is 3. The van der Waals surface area contributed by atoms with Crippen molar-refractivity contribution in [2.45, 2.75) is 31.1 Å². The van der Waals surface area contributed by atoms with E-state index in [9.17, 15) is 4.39 Å². The van der Waals surface area contributed by atoms with Crippen molar-refractivity contribution in [1.29, 1.82) is 0 Å². The van der Waals surface area contributed by atoms with Crippen LogP contribution in [0.15, 0.2) is 24.3 Å². The fraction of sp³-hybridized carbons (Fsp3) is 0.600. The molecule has 0 amide bonds. The molecule has 0 N–H and O–H groups in total. The van der Waals surface area contributed by atoms with Crippen LogP contribution in [0.3, 0.4) is 0 Å². The molecule has 3 nitrogen and oxygen atoms in total. The highest BCUT2D eigenvalue weighted by Crippen LogP contribution is 2.36. The van der Waals surface area contributed by atoms with Crippen molar-refractivity contribution in [1.82, 2.24) is 4.90 Å². The Kier molecular flexibility index (Phi) is 3.56. The van der Waals surface area contributed by atoms with E-state index in [2.05, 4.69) is 4.90 Å². The highest BCUT2D eigenvalue weighted by molar-refractivity contribution is 5.17. The van der Waals surface area contributed by atoms with Crippen LogP contribution in [-0.4, -0.2) is 43.4 Å². The van der Waals surface area contributed by atoms with Gasteiger partial charge in [0.25, 0.3) is 0 Å². The quantitative estimate of drug-likeness (QED) is 0.836. The number of halogens is 1. The molecule has 0 radical (unpaired) electrons. The Morgan fingerprint density at radius 1 is 1.47 bits per heavy atom. The van der Waals surface area contributed by atoms with E-state index in [0.717, 1.165) is 31.5 Å².